The smallest absolute Gasteiger partial charge is 0.342 e. The summed E-state index contributed by atoms with van der Waals surface area (Å²) in [5.41, 5.74) is 0.394. The molecule has 0 aromatic heterocycles. The zero-order chi connectivity index (χ0) is 13.6. The number of hydrogen-bond acceptors (Lipinski definition) is 5. The van der Waals surface area contributed by atoms with E-state index in [2.05, 4.69) is 15.2 Å². The summed E-state index contributed by atoms with van der Waals surface area (Å²) in [6, 6.07) is 7.44. The lowest BCUT2D eigenvalue weighted by Gasteiger charge is -2.11. The Labute approximate surface area is 107 Å². The molecule has 18 heavy (non-hydrogen) atoms. The molecule has 1 aromatic carbocycles. The van der Waals surface area contributed by atoms with Crippen molar-refractivity contribution in [3.05, 3.63) is 29.8 Å². The van der Waals surface area contributed by atoms with E-state index in [4.69, 9.17) is 4.74 Å². The molecule has 1 rings (SSSR count). The Morgan fingerprint density at radius 3 is 2.33 bits per heavy atom. The summed E-state index contributed by atoms with van der Waals surface area (Å²) in [6.45, 7) is 5.64. The van der Waals surface area contributed by atoms with Gasteiger partial charge in [0.25, 0.3) is 0 Å². The third-order valence-electron chi connectivity index (χ3n) is 2.21. The molecule has 0 atom stereocenters. The lowest BCUT2D eigenvalue weighted by molar-refractivity contribution is -0.154. The van der Waals surface area contributed by atoms with Gasteiger partial charge in [0.2, 0.25) is 0 Å². The minimum atomic E-state index is -0.570. The van der Waals surface area contributed by atoms with E-state index < -0.39 is 11.4 Å². The first-order chi connectivity index (χ1) is 8.43. The molecule has 1 aromatic rings. The molecule has 0 N–H and O–H groups in total. The van der Waals surface area contributed by atoms with E-state index >= 15 is 0 Å². The molecule has 0 bridgehead atoms. The summed E-state index contributed by atoms with van der Waals surface area (Å²) in [5, 5.41) is 7.21. The highest BCUT2D eigenvalue weighted by atomic mass is 16.7. The maximum atomic E-state index is 11.4. The van der Waals surface area contributed by atoms with Crippen LogP contribution in [0, 0.1) is 5.41 Å². The first kappa shape index (κ1) is 14.2. The molecule has 0 radical (unpaired) electrons. The second kappa shape index (κ2) is 6.14. The highest BCUT2D eigenvalue weighted by molar-refractivity contribution is 5.75. The first-order valence-corrected chi connectivity index (χ1v) is 5.64. The molecule has 5 nitrogen and oxygen atoms in total. The van der Waals surface area contributed by atoms with Gasteiger partial charge >= 0.3 is 5.97 Å². The van der Waals surface area contributed by atoms with Crippen molar-refractivity contribution >= 4 is 5.97 Å². The van der Waals surface area contributed by atoms with Gasteiger partial charge in [-0.2, -0.15) is 0 Å². The fourth-order valence-electron chi connectivity index (χ4n) is 1.04. The predicted octanol–water partition coefficient (Wildman–Crippen LogP) is 3.15. The predicted molar refractivity (Wildman–Crippen MR) is 67.1 cm³/mol. The van der Waals surface area contributed by atoms with E-state index in [0.717, 1.165) is 11.3 Å². The lowest BCUT2D eigenvalue weighted by Crippen LogP contribution is -2.20. The summed E-state index contributed by atoms with van der Waals surface area (Å²) in [6.07, 6.45) is 0. The average molecular weight is 250 g/mol. The Balaban J connectivity index is 2.43. The second-order valence-electron chi connectivity index (χ2n) is 4.86. The van der Waals surface area contributed by atoms with Crippen molar-refractivity contribution in [2.24, 2.45) is 15.8 Å². The highest BCUT2D eigenvalue weighted by Gasteiger charge is 2.23. The molecule has 0 aliphatic carbocycles. The summed E-state index contributed by atoms with van der Waals surface area (Å²) in [4.78, 5) is 16.0. The van der Waals surface area contributed by atoms with Crippen molar-refractivity contribution in [2.75, 3.05) is 7.11 Å². The number of methoxy groups -OCH3 is 1. The third-order valence-corrected chi connectivity index (χ3v) is 2.21. The van der Waals surface area contributed by atoms with Gasteiger partial charge in [-0.15, -0.1) is 5.11 Å². The monoisotopic (exact) mass is 250 g/mol. The van der Waals surface area contributed by atoms with Crippen LogP contribution in [0.5, 0.6) is 5.75 Å². The largest absolute Gasteiger partial charge is 0.497 e. The SMILES string of the molecule is COc1ccc(CN=NOC(=O)C(C)(C)C)cc1. The zero-order valence-electron chi connectivity index (χ0n) is 11.1. The molecule has 0 fully saturated rings. The van der Waals surface area contributed by atoms with Gasteiger partial charge in [-0.25, -0.2) is 4.79 Å². The Morgan fingerprint density at radius 2 is 1.83 bits per heavy atom. The van der Waals surface area contributed by atoms with Crippen LogP contribution in [0.4, 0.5) is 0 Å². The average Bonchev–Trinajstić information content (AvgIpc) is 2.34. The van der Waals surface area contributed by atoms with Crippen LogP contribution in [0.15, 0.2) is 34.7 Å². The van der Waals surface area contributed by atoms with Gasteiger partial charge in [0.05, 0.1) is 19.1 Å². The fraction of sp³-hybridized carbons (Fsp3) is 0.462. The van der Waals surface area contributed by atoms with Crippen molar-refractivity contribution in [3.8, 4) is 5.75 Å². The summed E-state index contributed by atoms with van der Waals surface area (Å²) < 4.78 is 5.04. The minimum Gasteiger partial charge on any atom is -0.497 e. The van der Waals surface area contributed by atoms with Crippen molar-refractivity contribution in [3.63, 3.8) is 0 Å². The Morgan fingerprint density at radius 1 is 1.22 bits per heavy atom. The quantitative estimate of drug-likeness (QED) is 0.609. The number of rotatable bonds is 4. The molecule has 5 heteroatoms. The fourth-order valence-corrected chi connectivity index (χ4v) is 1.04. The Kier molecular flexibility index (Phi) is 4.83. The maximum absolute atomic E-state index is 11.4. The Bertz CT molecular complexity index is 419. The van der Waals surface area contributed by atoms with Crippen molar-refractivity contribution in [2.45, 2.75) is 27.3 Å². The topological polar surface area (TPSA) is 60.3 Å². The molecule has 0 aliphatic heterocycles. The first-order valence-electron chi connectivity index (χ1n) is 5.64. The van der Waals surface area contributed by atoms with Gasteiger partial charge in [0.15, 0.2) is 0 Å². The van der Waals surface area contributed by atoms with Crippen molar-refractivity contribution < 1.29 is 14.4 Å². The number of nitrogens with zero attached hydrogens (tertiary/aromatic N) is 2. The molecule has 0 amide bonds. The number of carbonyl (C=O) groups is 1. The van der Waals surface area contributed by atoms with E-state index in [0.29, 0.717) is 6.54 Å². The number of hydrogen-bond donors (Lipinski definition) is 0. The van der Waals surface area contributed by atoms with Crippen LogP contribution in [-0.2, 0) is 16.2 Å². The van der Waals surface area contributed by atoms with Gasteiger partial charge in [0.1, 0.15) is 5.75 Å². The second-order valence-corrected chi connectivity index (χ2v) is 4.86. The number of carbonyl (C=O) groups excluding carboxylic acids is 1. The van der Waals surface area contributed by atoms with Crippen LogP contribution in [0.1, 0.15) is 26.3 Å². The van der Waals surface area contributed by atoms with E-state index in [9.17, 15) is 4.79 Å². The van der Waals surface area contributed by atoms with Crippen LogP contribution in [0.2, 0.25) is 0 Å². The molecule has 0 unspecified atom stereocenters. The molecule has 0 saturated heterocycles. The molecule has 0 heterocycles. The normalized spacial score (nSPS) is 11.6. The van der Waals surface area contributed by atoms with Gasteiger partial charge in [-0.3, -0.25) is 4.84 Å². The van der Waals surface area contributed by atoms with Crippen LogP contribution >= 0.6 is 0 Å². The molecule has 98 valence electrons. The number of ether oxygens (including phenoxy) is 1. The van der Waals surface area contributed by atoms with Gasteiger partial charge < -0.3 is 4.74 Å². The minimum absolute atomic E-state index is 0.363. The standard InChI is InChI=1S/C13H18N2O3/c1-13(2,3)12(16)18-15-14-9-10-5-7-11(17-4)8-6-10/h5-8H,9H2,1-4H3. The van der Waals surface area contributed by atoms with Crippen LogP contribution in [0.25, 0.3) is 0 Å². The van der Waals surface area contributed by atoms with E-state index in [1.54, 1.807) is 27.9 Å². The summed E-state index contributed by atoms with van der Waals surface area (Å²) in [5.74, 6) is 0.385. The van der Waals surface area contributed by atoms with Gasteiger partial charge in [-0.1, -0.05) is 12.1 Å². The zero-order valence-corrected chi connectivity index (χ0v) is 11.1. The molecule has 0 aliphatic rings. The van der Waals surface area contributed by atoms with E-state index in [1.165, 1.54) is 0 Å². The third kappa shape index (κ3) is 4.53. The lowest BCUT2D eigenvalue weighted by atomic mass is 9.98. The van der Waals surface area contributed by atoms with Crippen LogP contribution in [-0.4, -0.2) is 13.1 Å². The molecule has 0 spiro atoms. The van der Waals surface area contributed by atoms with Crippen LogP contribution < -0.4 is 4.74 Å². The van der Waals surface area contributed by atoms with E-state index in [1.807, 2.05) is 24.3 Å². The molecular formula is C13H18N2O3. The van der Waals surface area contributed by atoms with Crippen LogP contribution in [0.3, 0.4) is 0 Å². The number of benzene rings is 1. The Hall–Kier alpha value is -1.91. The van der Waals surface area contributed by atoms with Crippen molar-refractivity contribution in [1.29, 1.82) is 0 Å². The summed E-state index contributed by atoms with van der Waals surface area (Å²) >= 11 is 0. The van der Waals surface area contributed by atoms with Crippen molar-refractivity contribution in [1.82, 2.24) is 0 Å². The summed E-state index contributed by atoms with van der Waals surface area (Å²) in [7, 11) is 1.61. The maximum Gasteiger partial charge on any atom is 0.342 e. The molecular weight excluding hydrogens is 232 g/mol. The molecule has 0 saturated carbocycles. The van der Waals surface area contributed by atoms with E-state index in [-0.39, 0.29) is 0 Å². The van der Waals surface area contributed by atoms with Gasteiger partial charge in [-0.05, 0) is 38.5 Å². The van der Waals surface area contributed by atoms with Gasteiger partial charge in [0, 0.05) is 5.28 Å². The highest BCUT2D eigenvalue weighted by Crippen LogP contribution is 2.15.